The Kier molecular flexibility index (Phi) is 5.81. The van der Waals surface area contributed by atoms with Gasteiger partial charge in [0.2, 0.25) is 5.91 Å². The molecule has 0 atom stereocenters. The van der Waals surface area contributed by atoms with Crippen molar-refractivity contribution in [2.75, 3.05) is 20.3 Å². The molecule has 3 N–H and O–H groups in total. The van der Waals surface area contributed by atoms with E-state index in [4.69, 9.17) is 19.9 Å². The summed E-state index contributed by atoms with van der Waals surface area (Å²) in [7, 11) is 1.64. The fraction of sp³-hybridized carbons (Fsp3) is 0.632. The third-order valence-corrected chi connectivity index (χ3v) is 5.15. The zero-order valence-corrected chi connectivity index (χ0v) is 14.9. The molecule has 6 nitrogen and oxygen atoms in total. The molecule has 0 bridgehead atoms. The van der Waals surface area contributed by atoms with Crippen molar-refractivity contribution in [1.82, 2.24) is 5.32 Å². The molecule has 0 unspecified atom stereocenters. The summed E-state index contributed by atoms with van der Waals surface area (Å²) >= 11 is 0. The lowest BCUT2D eigenvalue weighted by molar-refractivity contribution is -0.129. The second-order valence-corrected chi connectivity index (χ2v) is 6.95. The molecule has 1 amide bonds. The number of ether oxygens (including phenoxy) is 3. The molecule has 6 heteroatoms. The van der Waals surface area contributed by atoms with E-state index in [-0.39, 0.29) is 12.0 Å². The molecule has 2 fully saturated rings. The Morgan fingerprint density at radius 3 is 2.72 bits per heavy atom. The van der Waals surface area contributed by atoms with Gasteiger partial charge in [-0.25, -0.2) is 0 Å². The molecule has 1 saturated heterocycles. The number of hydrogen-bond acceptors (Lipinski definition) is 5. The van der Waals surface area contributed by atoms with Crippen LogP contribution in [0.25, 0.3) is 0 Å². The zero-order chi connectivity index (χ0) is 17.7. The number of methoxy groups -OCH3 is 1. The Morgan fingerprint density at radius 2 is 2.04 bits per heavy atom. The SMILES string of the molecule is COc1ccc(CNC(=O)C2(N)CCOCC2)c(OC2CCCC2)c1. The maximum absolute atomic E-state index is 12.5. The number of rotatable bonds is 6. The van der Waals surface area contributed by atoms with E-state index in [9.17, 15) is 4.79 Å². The average Bonchev–Trinajstić information content (AvgIpc) is 3.14. The number of carbonyl (C=O) groups is 1. The van der Waals surface area contributed by atoms with E-state index in [0.717, 1.165) is 29.9 Å². The second-order valence-electron chi connectivity index (χ2n) is 6.95. The lowest BCUT2D eigenvalue weighted by Crippen LogP contribution is -2.56. The van der Waals surface area contributed by atoms with Gasteiger partial charge < -0.3 is 25.3 Å². The van der Waals surface area contributed by atoms with E-state index >= 15 is 0 Å². The fourth-order valence-electron chi connectivity index (χ4n) is 3.42. The Bertz CT molecular complexity index is 593. The van der Waals surface area contributed by atoms with Gasteiger partial charge in [-0.2, -0.15) is 0 Å². The van der Waals surface area contributed by atoms with E-state index in [2.05, 4.69) is 5.32 Å². The molecule has 1 aromatic rings. The van der Waals surface area contributed by atoms with E-state index < -0.39 is 5.54 Å². The van der Waals surface area contributed by atoms with Gasteiger partial charge >= 0.3 is 0 Å². The predicted molar refractivity (Wildman–Crippen MR) is 94.7 cm³/mol. The minimum atomic E-state index is -0.836. The number of amides is 1. The highest BCUT2D eigenvalue weighted by molar-refractivity contribution is 5.86. The van der Waals surface area contributed by atoms with Gasteiger partial charge in [0.15, 0.2) is 0 Å². The number of hydrogen-bond donors (Lipinski definition) is 2. The highest BCUT2D eigenvalue weighted by Crippen LogP contribution is 2.30. The zero-order valence-electron chi connectivity index (χ0n) is 14.9. The van der Waals surface area contributed by atoms with Crippen LogP contribution in [0.4, 0.5) is 0 Å². The third-order valence-electron chi connectivity index (χ3n) is 5.15. The van der Waals surface area contributed by atoms with Crippen LogP contribution in [0.2, 0.25) is 0 Å². The molecule has 0 radical (unpaired) electrons. The summed E-state index contributed by atoms with van der Waals surface area (Å²) in [6.45, 7) is 1.45. The number of benzene rings is 1. The minimum Gasteiger partial charge on any atom is -0.497 e. The first-order chi connectivity index (χ1) is 12.1. The van der Waals surface area contributed by atoms with Crippen molar-refractivity contribution in [2.24, 2.45) is 5.73 Å². The van der Waals surface area contributed by atoms with Gasteiger partial charge in [0.1, 0.15) is 11.5 Å². The van der Waals surface area contributed by atoms with E-state index in [0.29, 0.717) is 32.6 Å². The number of nitrogens with two attached hydrogens (primary N) is 1. The van der Waals surface area contributed by atoms with Crippen molar-refractivity contribution < 1.29 is 19.0 Å². The Hall–Kier alpha value is -1.79. The van der Waals surface area contributed by atoms with Crippen LogP contribution in [0.5, 0.6) is 11.5 Å². The maximum atomic E-state index is 12.5. The molecule has 1 heterocycles. The molecule has 1 saturated carbocycles. The van der Waals surface area contributed by atoms with Gasteiger partial charge in [-0.05, 0) is 50.7 Å². The van der Waals surface area contributed by atoms with Gasteiger partial charge in [-0.15, -0.1) is 0 Å². The van der Waals surface area contributed by atoms with Gasteiger partial charge in [-0.1, -0.05) is 0 Å². The molecule has 25 heavy (non-hydrogen) atoms. The van der Waals surface area contributed by atoms with Gasteiger partial charge in [-0.3, -0.25) is 4.79 Å². The first-order valence-corrected chi connectivity index (χ1v) is 9.09. The molecule has 1 aliphatic heterocycles. The van der Waals surface area contributed by atoms with Crippen molar-refractivity contribution in [3.05, 3.63) is 23.8 Å². The first kappa shape index (κ1) is 18.0. The van der Waals surface area contributed by atoms with E-state index in [1.165, 1.54) is 12.8 Å². The largest absolute Gasteiger partial charge is 0.497 e. The van der Waals surface area contributed by atoms with Crippen molar-refractivity contribution in [3.63, 3.8) is 0 Å². The van der Waals surface area contributed by atoms with Crippen LogP contribution in [0.1, 0.15) is 44.1 Å². The quantitative estimate of drug-likeness (QED) is 0.823. The number of carbonyl (C=O) groups excluding carboxylic acids is 1. The second kappa shape index (κ2) is 8.06. The van der Waals surface area contributed by atoms with Crippen LogP contribution in [-0.2, 0) is 16.1 Å². The van der Waals surface area contributed by atoms with Gasteiger partial charge in [0.05, 0.1) is 18.8 Å². The predicted octanol–water partition coefficient (Wildman–Crippen LogP) is 2.14. The van der Waals surface area contributed by atoms with Crippen molar-refractivity contribution in [2.45, 2.75) is 56.7 Å². The van der Waals surface area contributed by atoms with Crippen LogP contribution in [0.3, 0.4) is 0 Å². The van der Waals surface area contributed by atoms with Gasteiger partial charge in [0, 0.05) is 31.4 Å². The molecule has 0 spiro atoms. The summed E-state index contributed by atoms with van der Waals surface area (Å²) in [5.74, 6) is 1.41. The van der Waals surface area contributed by atoms with Crippen molar-refractivity contribution in [1.29, 1.82) is 0 Å². The van der Waals surface area contributed by atoms with Crippen LogP contribution in [-0.4, -0.2) is 37.9 Å². The maximum Gasteiger partial charge on any atom is 0.240 e. The monoisotopic (exact) mass is 348 g/mol. The topological polar surface area (TPSA) is 82.8 Å². The number of nitrogens with one attached hydrogen (secondary N) is 1. The molecule has 1 aromatic carbocycles. The fourth-order valence-corrected chi connectivity index (χ4v) is 3.42. The van der Waals surface area contributed by atoms with Crippen LogP contribution in [0, 0.1) is 0 Å². The smallest absolute Gasteiger partial charge is 0.240 e. The molecular weight excluding hydrogens is 320 g/mol. The highest BCUT2D eigenvalue weighted by Gasteiger charge is 2.35. The standard InChI is InChI=1S/C19H28N2O4/c1-23-16-7-6-14(17(12-16)25-15-4-2-3-5-15)13-21-18(22)19(20)8-10-24-11-9-19/h6-7,12,15H,2-5,8-11,13,20H2,1H3,(H,21,22). The summed E-state index contributed by atoms with van der Waals surface area (Å²) < 4.78 is 16.8. The molecule has 138 valence electrons. The molecule has 2 aliphatic rings. The average molecular weight is 348 g/mol. The summed E-state index contributed by atoms with van der Waals surface area (Å²) in [5, 5.41) is 2.97. The van der Waals surface area contributed by atoms with Crippen molar-refractivity contribution >= 4 is 5.91 Å². The normalized spacial score (nSPS) is 20.2. The molecule has 1 aliphatic carbocycles. The van der Waals surface area contributed by atoms with E-state index in [1.807, 2.05) is 18.2 Å². The third kappa shape index (κ3) is 4.44. The summed E-state index contributed by atoms with van der Waals surface area (Å²) in [4.78, 5) is 12.5. The van der Waals surface area contributed by atoms with Crippen LogP contribution < -0.4 is 20.5 Å². The van der Waals surface area contributed by atoms with Crippen LogP contribution in [0.15, 0.2) is 18.2 Å². The Labute approximate surface area is 149 Å². The minimum absolute atomic E-state index is 0.126. The molecule has 3 rings (SSSR count). The molecular formula is C19H28N2O4. The first-order valence-electron chi connectivity index (χ1n) is 9.09. The summed E-state index contributed by atoms with van der Waals surface area (Å²) in [6, 6.07) is 5.72. The summed E-state index contributed by atoms with van der Waals surface area (Å²) in [5.41, 5.74) is 6.34. The Morgan fingerprint density at radius 1 is 1.32 bits per heavy atom. The lowest BCUT2D eigenvalue weighted by Gasteiger charge is -2.31. The Balaban J connectivity index is 1.67. The summed E-state index contributed by atoms with van der Waals surface area (Å²) in [6.07, 6.45) is 5.92. The highest BCUT2D eigenvalue weighted by atomic mass is 16.5. The lowest BCUT2D eigenvalue weighted by atomic mass is 9.90. The molecule has 0 aromatic heterocycles. The van der Waals surface area contributed by atoms with Crippen LogP contribution >= 0.6 is 0 Å². The van der Waals surface area contributed by atoms with E-state index in [1.54, 1.807) is 7.11 Å². The van der Waals surface area contributed by atoms with Crippen molar-refractivity contribution in [3.8, 4) is 11.5 Å². The van der Waals surface area contributed by atoms with Gasteiger partial charge in [0.25, 0.3) is 0 Å².